The van der Waals surface area contributed by atoms with Crippen LogP contribution in [0.2, 0.25) is 0 Å². The fraction of sp³-hybridized carbons (Fsp3) is 0.562. The molecule has 0 spiro atoms. The zero-order valence-electron chi connectivity index (χ0n) is 13.5. The first-order chi connectivity index (χ1) is 10.6. The maximum Gasteiger partial charge on any atom is 0.238 e. The average Bonchev–Trinajstić information content (AvgIpc) is 2.54. The van der Waals surface area contributed by atoms with Gasteiger partial charge in [-0.1, -0.05) is 0 Å². The summed E-state index contributed by atoms with van der Waals surface area (Å²) in [4.78, 5) is 14.4. The third kappa shape index (κ3) is 4.61. The number of nitrogens with zero attached hydrogens (tertiary/aromatic N) is 1. The third-order valence-corrected chi connectivity index (χ3v) is 3.92. The number of piperidine rings is 1. The van der Waals surface area contributed by atoms with Gasteiger partial charge in [0.15, 0.2) is 0 Å². The monoisotopic (exact) mass is 307 g/mol. The second-order valence-corrected chi connectivity index (χ2v) is 5.51. The van der Waals surface area contributed by atoms with Crippen molar-refractivity contribution in [1.82, 2.24) is 10.2 Å². The van der Waals surface area contributed by atoms with Gasteiger partial charge in [0.2, 0.25) is 5.91 Å². The normalized spacial score (nSPS) is 18.8. The number of methoxy groups -OCH3 is 2. The lowest BCUT2D eigenvalue weighted by atomic mass is 10.1. The van der Waals surface area contributed by atoms with Crippen LogP contribution < -0.4 is 20.1 Å². The van der Waals surface area contributed by atoms with Crippen molar-refractivity contribution in [2.45, 2.75) is 18.9 Å². The van der Waals surface area contributed by atoms with E-state index < -0.39 is 0 Å². The molecular weight excluding hydrogens is 282 g/mol. The summed E-state index contributed by atoms with van der Waals surface area (Å²) in [5.41, 5.74) is 0.684. The Labute approximate surface area is 131 Å². The predicted octanol–water partition coefficient (Wildman–Crippen LogP) is 1.33. The molecule has 1 saturated heterocycles. The van der Waals surface area contributed by atoms with Gasteiger partial charge in [0.05, 0.1) is 20.8 Å². The van der Waals surface area contributed by atoms with Crippen LogP contribution in [-0.4, -0.2) is 57.8 Å². The van der Waals surface area contributed by atoms with E-state index in [9.17, 15) is 4.79 Å². The van der Waals surface area contributed by atoms with Crippen molar-refractivity contribution in [3.63, 3.8) is 0 Å². The van der Waals surface area contributed by atoms with Crippen LogP contribution in [0.1, 0.15) is 12.8 Å². The molecule has 2 N–H and O–H groups in total. The Balaban J connectivity index is 1.94. The molecule has 0 radical (unpaired) electrons. The Bertz CT molecular complexity index is 485. The van der Waals surface area contributed by atoms with Crippen LogP contribution in [0.25, 0.3) is 0 Å². The fourth-order valence-corrected chi connectivity index (χ4v) is 2.72. The number of likely N-dealkylation sites (N-methyl/N-ethyl adjacent to an activating group) is 1. The number of benzene rings is 1. The molecule has 1 heterocycles. The third-order valence-electron chi connectivity index (χ3n) is 3.92. The minimum atomic E-state index is -0.0212. The maximum absolute atomic E-state index is 12.2. The van der Waals surface area contributed by atoms with Crippen LogP contribution in [0.15, 0.2) is 18.2 Å². The van der Waals surface area contributed by atoms with Gasteiger partial charge in [-0.3, -0.25) is 9.69 Å². The highest BCUT2D eigenvalue weighted by Crippen LogP contribution is 2.25. The summed E-state index contributed by atoms with van der Waals surface area (Å²) in [6, 6.07) is 5.82. The van der Waals surface area contributed by atoms with Gasteiger partial charge in [0.25, 0.3) is 0 Å². The number of amides is 1. The van der Waals surface area contributed by atoms with Crippen LogP contribution in [0.5, 0.6) is 11.5 Å². The van der Waals surface area contributed by atoms with E-state index in [1.807, 2.05) is 7.05 Å². The Morgan fingerprint density at radius 3 is 2.55 bits per heavy atom. The van der Waals surface area contributed by atoms with Crippen LogP contribution in [0.4, 0.5) is 5.69 Å². The van der Waals surface area contributed by atoms with E-state index in [0.717, 1.165) is 19.5 Å². The molecule has 0 aromatic heterocycles. The van der Waals surface area contributed by atoms with E-state index in [2.05, 4.69) is 15.5 Å². The van der Waals surface area contributed by atoms with Crippen LogP contribution in [0, 0.1) is 0 Å². The highest BCUT2D eigenvalue weighted by molar-refractivity contribution is 5.92. The van der Waals surface area contributed by atoms with Crippen molar-refractivity contribution in [1.29, 1.82) is 0 Å². The van der Waals surface area contributed by atoms with Crippen LogP contribution in [0.3, 0.4) is 0 Å². The maximum atomic E-state index is 12.2. The lowest BCUT2D eigenvalue weighted by molar-refractivity contribution is -0.117. The first kappa shape index (κ1) is 16.6. The van der Waals surface area contributed by atoms with Gasteiger partial charge in [-0.15, -0.1) is 0 Å². The van der Waals surface area contributed by atoms with E-state index in [1.165, 1.54) is 6.42 Å². The first-order valence-electron chi connectivity index (χ1n) is 7.57. The van der Waals surface area contributed by atoms with E-state index >= 15 is 0 Å². The van der Waals surface area contributed by atoms with Crippen LogP contribution >= 0.6 is 0 Å². The summed E-state index contributed by atoms with van der Waals surface area (Å²) >= 11 is 0. The molecule has 1 unspecified atom stereocenters. The number of nitrogens with one attached hydrogen (secondary N) is 2. The SMILES string of the molecule is CNC1CCCN(CC(=O)Nc2cc(OC)cc(OC)c2)C1. The number of hydrogen-bond acceptors (Lipinski definition) is 5. The van der Waals surface area contributed by atoms with Gasteiger partial charge in [-0.25, -0.2) is 0 Å². The Morgan fingerprint density at radius 2 is 1.95 bits per heavy atom. The summed E-state index contributed by atoms with van der Waals surface area (Å²) < 4.78 is 10.4. The molecule has 6 nitrogen and oxygen atoms in total. The first-order valence-corrected chi connectivity index (χ1v) is 7.57. The second kappa shape index (κ2) is 8.00. The smallest absolute Gasteiger partial charge is 0.238 e. The van der Waals surface area contributed by atoms with Crippen LogP contribution in [-0.2, 0) is 4.79 Å². The fourth-order valence-electron chi connectivity index (χ4n) is 2.72. The lowest BCUT2D eigenvalue weighted by Gasteiger charge is -2.31. The van der Waals surface area contributed by atoms with Crippen molar-refractivity contribution >= 4 is 11.6 Å². The molecule has 1 aromatic carbocycles. The molecule has 1 aliphatic heterocycles. The van der Waals surface area contributed by atoms with Crippen molar-refractivity contribution in [3.05, 3.63) is 18.2 Å². The molecule has 1 aromatic rings. The molecule has 1 aliphatic rings. The lowest BCUT2D eigenvalue weighted by Crippen LogP contribution is -2.46. The summed E-state index contributed by atoms with van der Waals surface area (Å²) in [6.45, 7) is 2.27. The van der Waals surface area contributed by atoms with Gasteiger partial charge in [0.1, 0.15) is 11.5 Å². The minimum Gasteiger partial charge on any atom is -0.497 e. The van der Waals surface area contributed by atoms with Crippen molar-refractivity contribution in [3.8, 4) is 11.5 Å². The second-order valence-electron chi connectivity index (χ2n) is 5.51. The van der Waals surface area contributed by atoms with Crippen molar-refractivity contribution in [2.24, 2.45) is 0 Å². The number of rotatable bonds is 6. The number of carbonyl (C=O) groups is 1. The topological polar surface area (TPSA) is 62.8 Å². The summed E-state index contributed by atoms with van der Waals surface area (Å²) in [6.07, 6.45) is 2.29. The highest BCUT2D eigenvalue weighted by Gasteiger charge is 2.20. The van der Waals surface area contributed by atoms with Gasteiger partial charge in [0, 0.05) is 36.5 Å². The number of carbonyl (C=O) groups excluding carboxylic acids is 1. The summed E-state index contributed by atoms with van der Waals surface area (Å²) in [5.74, 6) is 1.29. The van der Waals surface area contributed by atoms with E-state index in [0.29, 0.717) is 29.8 Å². The molecule has 1 fully saturated rings. The molecular formula is C16H25N3O3. The quantitative estimate of drug-likeness (QED) is 0.830. The van der Waals surface area contributed by atoms with Gasteiger partial charge in [-0.2, -0.15) is 0 Å². The Kier molecular flexibility index (Phi) is 6.03. The van der Waals surface area contributed by atoms with E-state index in [1.54, 1.807) is 32.4 Å². The van der Waals surface area contributed by atoms with Gasteiger partial charge < -0.3 is 20.1 Å². The molecule has 0 saturated carbocycles. The summed E-state index contributed by atoms with van der Waals surface area (Å²) in [5, 5.41) is 6.19. The Hall–Kier alpha value is -1.79. The van der Waals surface area contributed by atoms with Gasteiger partial charge >= 0.3 is 0 Å². The number of likely N-dealkylation sites (tertiary alicyclic amines) is 1. The van der Waals surface area contributed by atoms with Gasteiger partial charge in [-0.05, 0) is 26.4 Å². The molecule has 22 heavy (non-hydrogen) atoms. The molecule has 2 rings (SSSR count). The summed E-state index contributed by atoms with van der Waals surface area (Å²) in [7, 11) is 5.15. The minimum absolute atomic E-state index is 0.0212. The number of anilines is 1. The highest BCUT2D eigenvalue weighted by atomic mass is 16.5. The Morgan fingerprint density at radius 1 is 1.27 bits per heavy atom. The van der Waals surface area contributed by atoms with E-state index in [-0.39, 0.29) is 5.91 Å². The molecule has 1 atom stereocenters. The molecule has 1 amide bonds. The standard InChI is InChI=1S/C16H25N3O3/c1-17-12-5-4-6-19(10-12)11-16(20)18-13-7-14(21-2)9-15(8-13)22-3/h7-9,12,17H,4-6,10-11H2,1-3H3,(H,18,20). The van der Waals surface area contributed by atoms with Crippen molar-refractivity contribution in [2.75, 3.05) is 46.2 Å². The number of ether oxygens (including phenoxy) is 2. The molecule has 0 aliphatic carbocycles. The van der Waals surface area contributed by atoms with E-state index in [4.69, 9.17) is 9.47 Å². The number of hydrogen-bond donors (Lipinski definition) is 2. The molecule has 6 heteroatoms. The largest absolute Gasteiger partial charge is 0.497 e. The zero-order valence-corrected chi connectivity index (χ0v) is 13.5. The predicted molar refractivity (Wildman–Crippen MR) is 86.7 cm³/mol. The molecule has 0 bridgehead atoms. The molecule has 122 valence electrons. The van der Waals surface area contributed by atoms with Crippen molar-refractivity contribution < 1.29 is 14.3 Å². The average molecular weight is 307 g/mol. The zero-order chi connectivity index (χ0) is 15.9.